The first-order valence-corrected chi connectivity index (χ1v) is 23.5. The second-order valence-corrected chi connectivity index (χ2v) is 20.5. The molecule has 3 radical (unpaired) electrons. The number of likely N-dealkylation sites (tertiary alicyclic amines) is 2. The van der Waals surface area contributed by atoms with Gasteiger partial charge in [-0.1, -0.05) is 0 Å². The number of rotatable bonds is 8. The Balaban J connectivity index is 0.000000348. The molecule has 2 aromatic heterocycles. The Morgan fingerprint density at radius 1 is 0.700 bits per heavy atom. The van der Waals surface area contributed by atoms with Crippen LogP contribution < -0.4 is 58.0 Å². The van der Waals surface area contributed by atoms with Gasteiger partial charge in [-0.05, 0) is 106 Å². The number of methoxy groups -OCH3 is 2. The van der Waals surface area contributed by atoms with Crippen molar-refractivity contribution >= 4 is 26.0 Å². The van der Waals surface area contributed by atoms with Gasteiger partial charge < -0.3 is 49.9 Å². The fourth-order valence-electron chi connectivity index (χ4n) is 8.85. The van der Waals surface area contributed by atoms with Crippen LogP contribution in [-0.2, 0) is 11.1 Å². The van der Waals surface area contributed by atoms with Gasteiger partial charge in [0.1, 0.15) is 23.0 Å². The van der Waals surface area contributed by atoms with Crippen LogP contribution in [0.15, 0.2) is 48.8 Å². The summed E-state index contributed by atoms with van der Waals surface area (Å²) in [5.74, 6) is 3.40. The third-order valence-electron chi connectivity index (χ3n) is 12.5. The van der Waals surface area contributed by atoms with Crippen LogP contribution in [0.1, 0.15) is 152 Å². The van der Waals surface area contributed by atoms with E-state index in [4.69, 9.17) is 33.5 Å². The zero-order chi connectivity index (χ0) is 49.9. The first kappa shape index (κ1) is 57.8. The summed E-state index contributed by atoms with van der Waals surface area (Å²) in [5, 5.41) is 26.8. The Kier molecular flexibility index (Phi) is 19.2. The third kappa shape index (κ3) is 13.0. The monoisotopic (exact) mass is 980 g/mol. The summed E-state index contributed by atoms with van der Waals surface area (Å²) in [7, 11) is 4.14. The van der Waals surface area contributed by atoms with Gasteiger partial charge in [0.05, 0.1) is 56.3 Å². The first-order valence-electron chi connectivity index (χ1n) is 23.5. The van der Waals surface area contributed by atoms with Crippen molar-refractivity contribution in [3.8, 4) is 34.5 Å². The zero-order valence-corrected chi connectivity index (χ0v) is 45.8. The van der Waals surface area contributed by atoms with Crippen LogP contribution >= 0.6 is 0 Å². The van der Waals surface area contributed by atoms with Gasteiger partial charge in [0.15, 0.2) is 46.0 Å². The van der Waals surface area contributed by atoms with Crippen molar-refractivity contribution in [1.82, 2.24) is 29.4 Å². The van der Waals surface area contributed by atoms with Crippen molar-refractivity contribution in [2.45, 2.75) is 148 Å². The summed E-state index contributed by atoms with van der Waals surface area (Å²) in [6, 6.07) is 10.6. The third-order valence-corrected chi connectivity index (χ3v) is 12.5. The van der Waals surface area contributed by atoms with Gasteiger partial charge in [0, 0.05) is 84.9 Å². The average Bonchev–Trinajstić information content (AvgIpc) is 3.94. The Labute approximate surface area is 438 Å². The SMILES string of the molecule is CO.COc1cc(C(=O)N2CCC3(CC2)CC(=O)c2nn(C(C)(C)C)cc2O3)ccc1OC(C)C.COc1cc(C(=O)N2CCC3(CC2)CC(O)c2nn(C(C)(C)C)cc2O3)ccc1OC(C)C.[B].[H-].[Na+]. The number of amides is 2. The van der Waals surface area contributed by atoms with Crippen LogP contribution in [-0.4, -0.2) is 137 Å². The minimum atomic E-state index is -0.669. The maximum atomic E-state index is 13.2. The van der Waals surface area contributed by atoms with Crippen molar-refractivity contribution < 1.29 is 84.0 Å². The Morgan fingerprint density at radius 2 is 1.11 bits per heavy atom. The topological polar surface area (TPSA) is 189 Å². The molecule has 2 aromatic carbocycles. The van der Waals surface area contributed by atoms with E-state index in [1.807, 2.05) is 75.3 Å². The summed E-state index contributed by atoms with van der Waals surface area (Å²) in [6.45, 7) is 22.2. The summed E-state index contributed by atoms with van der Waals surface area (Å²) >= 11 is 0. The van der Waals surface area contributed by atoms with E-state index in [-0.39, 0.29) is 86.7 Å². The molecule has 2 N–H and O–H groups in total. The normalized spacial score (nSPS) is 17.8. The quantitative estimate of drug-likeness (QED) is 0.238. The maximum absolute atomic E-state index is 13.2. The molecule has 377 valence electrons. The minimum absolute atomic E-state index is 0. The van der Waals surface area contributed by atoms with Crippen LogP contribution in [0.25, 0.3) is 0 Å². The van der Waals surface area contributed by atoms with Crippen molar-refractivity contribution in [3.63, 3.8) is 0 Å². The molecule has 4 aliphatic rings. The Hall–Kier alpha value is -4.75. The van der Waals surface area contributed by atoms with Gasteiger partial charge in [-0.15, -0.1) is 0 Å². The molecule has 0 aliphatic carbocycles. The predicted octanol–water partition coefficient (Wildman–Crippen LogP) is 4.34. The fourth-order valence-corrected chi connectivity index (χ4v) is 8.85. The molecule has 1 unspecified atom stereocenters. The summed E-state index contributed by atoms with van der Waals surface area (Å²) in [4.78, 5) is 42.8. The molecule has 1 atom stereocenters. The van der Waals surface area contributed by atoms with E-state index in [2.05, 4.69) is 31.0 Å². The standard InChI is InChI=1S/C25H35N3O5.C25H33N3O5.CH4O.B.Na.H/c2*1-16(2)32-19-8-7-17(13-20(19)31-6)23(30)27-11-9-25(10-12-27)14-18(29)22-21(33-25)15-28(26-22)24(3,4)5;1-2;;;/h7-8,13,15-16,18,29H,9-12,14H2,1-6H3;7-8,13,15-16H,9-12,14H2,1-6H3;2H,1H3;;;/q;;;;+1;-1. The van der Waals surface area contributed by atoms with Gasteiger partial charge >= 0.3 is 29.6 Å². The van der Waals surface area contributed by atoms with Crippen molar-refractivity contribution in [3.05, 3.63) is 71.3 Å². The number of benzene rings is 2. The molecule has 70 heavy (non-hydrogen) atoms. The summed E-state index contributed by atoms with van der Waals surface area (Å²) < 4.78 is 38.8. The average molecular weight is 980 g/mol. The smallest absolute Gasteiger partial charge is 1.00 e. The maximum Gasteiger partial charge on any atom is 1.00 e. The number of ether oxygens (including phenoxy) is 6. The molecular weight excluding hydrogens is 906 g/mol. The van der Waals surface area contributed by atoms with Gasteiger partial charge in [0.25, 0.3) is 11.8 Å². The second-order valence-electron chi connectivity index (χ2n) is 20.5. The number of aliphatic hydroxyl groups excluding tert-OH is 2. The largest absolute Gasteiger partial charge is 1.00 e. The Morgan fingerprint density at radius 3 is 1.54 bits per heavy atom. The summed E-state index contributed by atoms with van der Waals surface area (Å²) in [6.07, 6.45) is 6.32. The number of aliphatic hydroxyl groups is 2. The number of Topliss-reactive ketones (excluding diaryl/α,β-unsaturated/α-hetero) is 1. The van der Waals surface area contributed by atoms with E-state index in [1.165, 1.54) is 0 Å². The number of piperidine rings is 2. The molecule has 2 saturated heterocycles. The second kappa shape index (κ2) is 23.2. The van der Waals surface area contributed by atoms with E-state index in [0.29, 0.717) is 115 Å². The van der Waals surface area contributed by atoms with E-state index in [1.54, 1.807) is 55.3 Å². The molecule has 6 heterocycles. The molecule has 4 aromatic rings. The van der Waals surface area contributed by atoms with Gasteiger partial charge in [-0.2, -0.15) is 10.2 Å². The number of carbonyl (C=O) groups is 3. The van der Waals surface area contributed by atoms with Crippen LogP contribution in [0.2, 0.25) is 0 Å². The fraction of sp³-hybridized carbons (Fsp3) is 0.588. The molecule has 2 fully saturated rings. The van der Waals surface area contributed by atoms with Crippen molar-refractivity contribution in [2.75, 3.05) is 47.5 Å². The van der Waals surface area contributed by atoms with E-state index >= 15 is 0 Å². The van der Waals surface area contributed by atoms with Crippen molar-refractivity contribution in [1.29, 1.82) is 0 Å². The molecule has 4 aliphatic heterocycles. The number of hydrogen-bond donors (Lipinski definition) is 2. The molecular formula is C51H73BN6NaO11. The predicted molar refractivity (Wildman–Crippen MR) is 262 cm³/mol. The molecule has 19 heteroatoms. The van der Waals surface area contributed by atoms with Crippen LogP contribution in [0.3, 0.4) is 0 Å². The van der Waals surface area contributed by atoms with Gasteiger partial charge in [0.2, 0.25) is 0 Å². The van der Waals surface area contributed by atoms with Crippen LogP contribution in [0.4, 0.5) is 0 Å². The van der Waals surface area contributed by atoms with Crippen molar-refractivity contribution in [2.24, 2.45) is 0 Å². The summed E-state index contributed by atoms with van der Waals surface area (Å²) in [5.41, 5.74) is 0.627. The number of fused-ring (bicyclic) bond motifs is 2. The molecule has 17 nitrogen and oxygen atoms in total. The molecule has 0 saturated carbocycles. The number of nitrogens with zero attached hydrogens (tertiary/aromatic N) is 6. The van der Waals surface area contributed by atoms with Gasteiger partial charge in [-0.3, -0.25) is 23.7 Å². The number of hydrogen-bond acceptors (Lipinski definition) is 13. The molecule has 2 spiro atoms. The van der Waals surface area contributed by atoms with Gasteiger partial charge in [-0.25, -0.2) is 0 Å². The van der Waals surface area contributed by atoms with Crippen LogP contribution in [0, 0.1) is 0 Å². The van der Waals surface area contributed by atoms with Crippen LogP contribution in [0.5, 0.6) is 34.5 Å². The number of aromatic nitrogens is 4. The minimum Gasteiger partial charge on any atom is -1.00 e. The number of carbonyl (C=O) groups excluding carboxylic acids is 3. The molecule has 2 amide bonds. The molecule has 0 bridgehead atoms. The van der Waals surface area contributed by atoms with E-state index in [9.17, 15) is 19.5 Å². The first-order chi connectivity index (χ1) is 32.0. The molecule has 8 rings (SSSR count). The zero-order valence-electron chi connectivity index (χ0n) is 44.8. The van der Waals surface area contributed by atoms with E-state index < -0.39 is 17.3 Å². The van der Waals surface area contributed by atoms with E-state index in [0.717, 1.165) is 7.11 Å². The number of ketones is 1. The Bertz CT molecular complexity index is 2430.